The number of nitrogens with zero attached hydrogens (tertiary/aromatic N) is 2. The number of hydrogen-bond acceptors (Lipinski definition) is 4. The number of nitrogens with one attached hydrogen (secondary N) is 1. The number of aromatic nitrogens is 2. The van der Waals surface area contributed by atoms with Crippen molar-refractivity contribution < 1.29 is 13.5 Å². The summed E-state index contributed by atoms with van der Waals surface area (Å²) in [6.45, 7) is -0.0452. The zero-order valence-corrected chi connectivity index (χ0v) is 12.0. The Balaban J connectivity index is 2.04. The molecule has 0 unspecified atom stereocenters. The second-order valence-electron chi connectivity index (χ2n) is 4.39. The van der Waals surface area contributed by atoms with E-state index in [0.717, 1.165) is 5.69 Å². The molecule has 108 valence electrons. The van der Waals surface area contributed by atoms with Gasteiger partial charge in [0.2, 0.25) is 10.0 Å². The Hall–Kier alpha value is -1.70. The van der Waals surface area contributed by atoms with Gasteiger partial charge in [-0.3, -0.25) is 4.68 Å². The fraction of sp³-hybridized carbons (Fsp3) is 0.308. The van der Waals surface area contributed by atoms with Gasteiger partial charge in [-0.2, -0.15) is 5.10 Å². The van der Waals surface area contributed by atoms with E-state index in [-0.39, 0.29) is 18.0 Å². The lowest BCUT2D eigenvalue weighted by Crippen LogP contribution is -2.27. The smallest absolute Gasteiger partial charge is 0.240 e. The van der Waals surface area contributed by atoms with Crippen LogP contribution in [0.3, 0.4) is 0 Å². The minimum absolute atomic E-state index is 0.114. The molecule has 2 aromatic rings. The maximum Gasteiger partial charge on any atom is 0.240 e. The second-order valence-corrected chi connectivity index (χ2v) is 6.13. The van der Waals surface area contributed by atoms with E-state index in [1.807, 2.05) is 19.3 Å². The van der Waals surface area contributed by atoms with Crippen molar-refractivity contribution in [2.75, 3.05) is 6.54 Å². The zero-order valence-electron chi connectivity index (χ0n) is 11.2. The first-order chi connectivity index (χ1) is 9.53. The van der Waals surface area contributed by atoms with Gasteiger partial charge in [0.1, 0.15) is 0 Å². The van der Waals surface area contributed by atoms with Crippen LogP contribution in [0.2, 0.25) is 0 Å². The Morgan fingerprint density at radius 2 is 2.05 bits per heavy atom. The van der Waals surface area contributed by atoms with Gasteiger partial charge in [0.15, 0.2) is 0 Å². The minimum atomic E-state index is -3.61. The minimum Gasteiger partial charge on any atom is -0.392 e. The predicted octanol–water partition coefficient (Wildman–Crippen LogP) is 0.433. The molecule has 6 nitrogen and oxygen atoms in total. The summed E-state index contributed by atoms with van der Waals surface area (Å²) >= 11 is 0. The third-order valence-electron chi connectivity index (χ3n) is 2.87. The van der Waals surface area contributed by atoms with Crippen molar-refractivity contribution in [3.05, 3.63) is 47.8 Å². The molecule has 0 aliphatic carbocycles. The Kier molecular flexibility index (Phi) is 4.53. The fourth-order valence-electron chi connectivity index (χ4n) is 1.88. The Morgan fingerprint density at radius 3 is 2.70 bits per heavy atom. The number of hydrogen-bond donors (Lipinski definition) is 2. The highest BCUT2D eigenvalue weighted by Crippen LogP contribution is 2.14. The van der Waals surface area contributed by atoms with Crippen molar-refractivity contribution in [1.29, 1.82) is 0 Å². The molecular formula is C13H17N3O3S. The van der Waals surface area contributed by atoms with E-state index < -0.39 is 10.0 Å². The van der Waals surface area contributed by atoms with Crippen LogP contribution in [0, 0.1) is 0 Å². The summed E-state index contributed by atoms with van der Waals surface area (Å²) in [5.41, 5.74) is 1.21. The fourth-order valence-corrected chi connectivity index (χ4v) is 3.15. The molecule has 1 aromatic carbocycles. The van der Waals surface area contributed by atoms with Gasteiger partial charge in [-0.25, -0.2) is 13.1 Å². The summed E-state index contributed by atoms with van der Waals surface area (Å²) in [4.78, 5) is 0.114. The van der Waals surface area contributed by atoms with Gasteiger partial charge >= 0.3 is 0 Å². The number of aryl methyl sites for hydroxylation is 1. The van der Waals surface area contributed by atoms with E-state index in [9.17, 15) is 13.5 Å². The molecule has 1 heterocycles. The van der Waals surface area contributed by atoms with Crippen molar-refractivity contribution in [3.8, 4) is 0 Å². The predicted molar refractivity (Wildman–Crippen MR) is 74.5 cm³/mol. The van der Waals surface area contributed by atoms with Gasteiger partial charge in [-0.1, -0.05) is 18.2 Å². The number of aliphatic hydroxyl groups excluding tert-OH is 1. The zero-order chi connectivity index (χ0) is 14.6. The highest BCUT2D eigenvalue weighted by atomic mass is 32.2. The van der Waals surface area contributed by atoms with Crippen molar-refractivity contribution in [3.63, 3.8) is 0 Å². The van der Waals surface area contributed by atoms with Crippen LogP contribution in [0.15, 0.2) is 41.4 Å². The molecule has 0 aliphatic rings. The van der Waals surface area contributed by atoms with Crippen LogP contribution in [0.4, 0.5) is 0 Å². The van der Waals surface area contributed by atoms with Gasteiger partial charge in [0, 0.05) is 26.2 Å². The molecule has 7 heteroatoms. The average molecular weight is 295 g/mol. The first-order valence-electron chi connectivity index (χ1n) is 6.20. The van der Waals surface area contributed by atoms with E-state index in [1.165, 1.54) is 6.07 Å². The summed E-state index contributed by atoms with van der Waals surface area (Å²) < 4.78 is 28.5. The van der Waals surface area contributed by atoms with Crippen molar-refractivity contribution in [1.82, 2.24) is 14.5 Å². The van der Waals surface area contributed by atoms with Crippen LogP contribution >= 0.6 is 0 Å². The quantitative estimate of drug-likeness (QED) is 0.809. The van der Waals surface area contributed by atoms with Gasteiger partial charge in [-0.05, 0) is 17.7 Å². The van der Waals surface area contributed by atoms with Crippen LogP contribution in [0.1, 0.15) is 11.3 Å². The largest absolute Gasteiger partial charge is 0.392 e. The Morgan fingerprint density at radius 1 is 1.30 bits per heavy atom. The standard InChI is InChI=1S/C13H17N3O3S/c1-16-9-7-12(15-16)6-8-14-20(18,19)13-5-3-2-4-11(13)10-17/h2-5,7,9,14,17H,6,8,10H2,1H3. The average Bonchev–Trinajstić information content (AvgIpc) is 2.84. The molecule has 0 spiro atoms. The molecule has 0 aliphatic heterocycles. The molecule has 0 radical (unpaired) electrons. The Bertz CT molecular complexity index is 680. The van der Waals surface area contributed by atoms with Crippen LogP contribution < -0.4 is 4.72 Å². The number of rotatable bonds is 6. The normalized spacial score (nSPS) is 11.7. The highest BCUT2D eigenvalue weighted by Gasteiger charge is 2.17. The van der Waals surface area contributed by atoms with Gasteiger partial charge in [0.05, 0.1) is 17.2 Å². The molecule has 0 saturated carbocycles. The van der Waals surface area contributed by atoms with E-state index in [1.54, 1.807) is 22.9 Å². The molecule has 0 amide bonds. The summed E-state index contributed by atoms with van der Waals surface area (Å²) in [6, 6.07) is 8.24. The number of aliphatic hydroxyl groups is 1. The summed E-state index contributed by atoms with van der Waals surface area (Å²) in [5.74, 6) is 0. The first-order valence-corrected chi connectivity index (χ1v) is 7.68. The van der Waals surface area contributed by atoms with Gasteiger partial charge in [-0.15, -0.1) is 0 Å². The summed E-state index contributed by atoms with van der Waals surface area (Å²) in [7, 11) is -1.80. The molecule has 20 heavy (non-hydrogen) atoms. The van der Waals surface area contributed by atoms with Crippen molar-refractivity contribution in [2.24, 2.45) is 7.05 Å². The first kappa shape index (κ1) is 14.7. The van der Waals surface area contributed by atoms with Gasteiger partial charge < -0.3 is 5.11 Å². The van der Waals surface area contributed by atoms with E-state index in [4.69, 9.17) is 0 Å². The van der Waals surface area contributed by atoms with Gasteiger partial charge in [0.25, 0.3) is 0 Å². The van der Waals surface area contributed by atoms with E-state index >= 15 is 0 Å². The number of sulfonamides is 1. The lowest BCUT2D eigenvalue weighted by molar-refractivity contribution is 0.278. The Labute approximate surface area is 118 Å². The lowest BCUT2D eigenvalue weighted by atomic mass is 10.2. The third kappa shape index (κ3) is 3.44. The third-order valence-corrected chi connectivity index (χ3v) is 4.44. The van der Waals surface area contributed by atoms with Crippen molar-refractivity contribution >= 4 is 10.0 Å². The highest BCUT2D eigenvalue weighted by molar-refractivity contribution is 7.89. The molecular weight excluding hydrogens is 278 g/mol. The molecule has 0 atom stereocenters. The molecule has 0 bridgehead atoms. The maximum atomic E-state index is 12.2. The second kappa shape index (κ2) is 6.17. The molecule has 0 saturated heterocycles. The van der Waals surface area contributed by atoms with Crippen LogP contribution in [0.25, 0.3) is 0 Å². The van der Waals surface area contributed by atoms with Crippen LogP contribution in [-0.4, -0.2) is 29.8 Å². The SMILES string of the molecule is Cn1ccc(CCNS(=O)(=O)c2ccccc2CO)n1. The summed E-state index contributed by atoms with van der Waals surface area (Å²) in [5, 5.41) is 13.4. The van der Waals surface area contributed by atoms with Crippen molar-refractivity contribution in [2.45, 2.75) is 17.9 Å². The van der Waals surface area contributed by atoms with Crippen LogP contribution in [0.5, 0.6) is 0 Å². The molecule has 1 aromatic heterocycles. The van der Waals surface area contributed by atoms with Crippen LogP contribution in [-0.2, 0) is 30.1 Å². The lowest BCUT2D eigenvalue weighted by Gasteiger charge is -2.09. The molecule has 0 fully saturated rings. The summed E-state index contributed by atoms with van der Waals surface area (Å²) in [6.07, 6.45) is 2.33. The molecule has 2 N–H and O–H groups in total. The maximum absolute atomic E-state index is 12.2. The topological polar surface area (TPSA) is 84.2 Å². The van der Waals surface area contributed by atoms with E-state index in [0.29, 0.717) is 12.0 Å². The van der Waals surface area contributed by atoms with E-state index in [2.05, 4.69) is 9.82 Å². The number of benzene rings is 1. The monoisotopic (exact) mass is 295 g/mol. The molecule has 2 rings (SSSR count).